The Morgan fingerprint density at radius 3 is 3.07 bits per heavy atom. The molecule has 76 valence electrons. The SMILES string of the molecule is CC1CNc2ccc(F)cc2N(C)C1. The van der Waals surface area contributed by atoms with E-state index in [-0.39, 0.29) is 5.82 Å². The summed E-state index contributed by atoms with van der Waals surface area (Å²) in [6.07, 6.45) is 0. The molecule has 0 aromatic heterocycles. The molecule has 3 heteroatoms. The Morgan fingerprint density at radius 2 is 2.29 bits per heavy atom. The summed E-state index contributed by atoms with van der Waals surface area (Å²) in [5.41, 5.74) is 1.98. The number of fused-ring (bicyclic) bond motifs is 1. The van der Waals surface area contributed by atoms with Gasteiger partial charge < -0.3 is 10.2 Å². The van der Waals surface area contributed by atoms with E-state index in [2.05, 4.69) is 17.1 Å². The predicted octanol–water partition coefficient (Wildman–Crippen LogP) is 2.32. The van der Waals surface area contributed by atoms with Crippen LogP contribution in [0, 0.1) is 11.7 Å². The average molecular weight is 194 g/mol. The van der Waals surface area contributed by atoms with Gasteiger partial charge in [0.15, 0.2) is 0 Å². The van der Waals surface area contributed by atoms with Gasteiger partial charge in [-0.25, -0.2) is 4.39 Å². The zero-order chi connectivity index (χ0) is 10.1. The molecule has 1 atom stereocenters. The van der Waals surface area contributed by atoms with Crippen molar-refractivity contribution < 1.29 is 4.39 Å². The van der Waals surface area contributed by atoms with E-state index in [4.69, 9.17) is 0 Å². The highest BCUT2D eigenvalue weighted by Crippen LogP contribution is 2.28. The number of nitrogens with zero attached hydrogens (tertiary/aromatic N) is 1. The van der Waals surface area contributed by atoms with Crippen LogP contribution < -0.4 is 10.2 Å². The molecule has 2 rings (SSSR count). The Bertz CT molecular complexity index is 338. The Morgan fingerprint density at radius 1 is 1.50 bits per heavy atom. The Labute approximate surface area is 83.7 Å². The van der Waals surface area contributed by atoms with Crippen LogP contribution in [0.25, 0.3) is 0 Å². The molecular weight excluding hydrogens is 179 g/mol. The van der Waals surface area contributed by atoms with E-state index in [1.807, 2.05) is 7.05 Å². The Hall–Kier alpha value is -1.25. The molecule has 1 heterocycles. The van der Waals surface area contributed by atoms with E-state index in [1.165, 1.54) is 6.07 Å². The van der Waals surface area contributed by atoms with E-state index in [1.54, 1.807) is 12.1 Å². The highest BCUT2D eigenvalue weighted by atomic mass is 19.1. The maximum absolute atomic E-state index is 13.0. The summed E-state index contributed by atoms with van der Waals surface area (Å²) in [4.78, 5) is 2.10. The predicted molar refractivity (Wildman–Crippen MR) is 57.3 cm³/mol. The molecule has 14 heavy (non-hydrogen) atoms. The lowest BCUT2D eigenvalue weighted by Gasteiger charge is -2.20. The van der Waals surface area contributed by atoms with E-state index in [9.17, 15) is 4.39 Å². The van der Waals surface area contributed by atoms with Crippen molar-refractivity contribution in [3.8, 4) is 0 Å². The molecule has 0 radical (unpaired) electrons. The third kappa shape index (κ3) is 1.67. The fourth-order valence-electron chi connectivity index (χ4n) is 1.88. The van der Waals surface area contributed by atoms with Gasteiger partial charge in [-0.1, -0.05) is 6.92 Å². The van der Waals surface area contributed by atoms with Crippen LogP contribution in [0.1, 0.15) is 6.92 Å². The van der Waals surface area contributed by atoms with Crippen molar-refractivity contribution in [2.45, 2.75) is 6.92 Å². The van der Waals surface area contributed by atoms with E-state index in [0.29, 0.717) is 5.92 Å². The summed E-state index contributed by atoms with van der Waals surface area (Å²) < 4.78 is 13.0. The van der Waals surface area contributed by atoms with Crippen molar-refractivity contribution in [2.24, 2.45) is 5.92 Å². The maximum atomic E-state index is 13.0. The normalized spacial score (nSPS) is 21.1. The summed E-state index contributed by atoms with van der Waals surface area (Å²) in [6.45, 7) is 4.10. The minimum atomic E-state index is -0.174. The molecule has 0 fully saturated rings. The second kappa shape index (κ2) is 3.48. The number of benzene rings is 1. The largest absolute Gasteiger partial charge is 0.383 e. The fourth-order valence-corrected chi connectivity index (χ4v) is 1.88. The van der Waals surface area contributed by atoms with Crippen LogP contribution in [0.15, 0.2) is 18.2 Å². The van der Waals surface area contributed by atoms with Crippen LogP contribution in [0.2, 0.25) is 0 Å². The van der Waals surface area contributed by atoms with Gasteiger partial charge in [0.2, 0.25) is 0 Å². The molecule has 0 saturated heterocycles. The smallest absolute Gasteiger partial charge is 0.125 e. The molecule has 1 aromatic rings. The number of rotatable bonds is 0. The Balaban J connectivity index is 2.39. The molecule has 1 aliphatic rings. The molecule has 2 nitrogen and oxygen atoms in total. The first kappa shape index (κ1) is 9.31. The number of anilines is 2. The van der Waals surface area contributed by atoms with Crippen molar-refractivity contribution in [3.63, 3.8) is 0 Å². The van der Waals surface area contributed by atoms with Crippen molar-refractivity contribution in [2.75, 3.05) is 30.4 Å². The van der Waals surface area contributed by atoms with Crippen molar-refractivity contribution in [3.05, 3.63) is 24.0 Å². The molecule has 0 aliphatic carbocycles. The van der Waals surface area contributed by atoms with Gasteiger partial charge in [-0.2, -0.15) is 0 Å². The fraction of sp³-hybridized carbons (Fsp3) is 0.455. The van der Waals surface area contributed by atoms with Gasteiger partial charge in [-0.15, -0.1) is 0 Å². The maximum Gasteiger partial charge on any atom is 0.125 e. The topological polar surface area (TPSA) is 15.3 Å². The standard InChI is InChI=1S/C11H15FN2/c1-8-6-13-10-4-3-9(12)5-11(10)14(2)7-8/h3-5,8,13H,6-7H2,1-2H3. The van der Waals surface area contributed by atoms with Crippen LogP contribution in [0.4, 0.5) is 15.8 Å². The lowest BCUT2D eigenvalue weighted by Crippen LogP contribution is -2.24. The van der Waals surface area contributed by atoms with Crippen molar-refractivity contribution in [1.82, 2.24) is 0 Å². The number of halogens is 1. The first-order valence-corrected chi connectivity index (χ1v) is 4.91. The van der Waals surface area contributed by atoms with Crippen LogP contribution in [-0.4, -0.2) is 20.1 Å². The second-order valence-corrected chi connectivity index (χ2v) is 4.03. The molecule has 0 amide bonds. The van der Waals surface area contributed by atoms with Crippen LogP contribution in [0.3, 0.4) is 0 Å². The highest BCUT2D eigenvalue weighted by molar-refractivity contribution is 5.70. The first-order valence-electron chi connectivity index (χ1n) is 4.91. The van der Waals surface area contributed by atoms with Gasteiger partial charge in [-0.05, 0) is 24.1 Å². The van der Waals surface area contributed by atoms with E-state index in [0.717, 1.165) is 24.5 Å². The minimum absolute atomic E-state index is 0.174. The van der Waals surface area contributed by atoms with Gasteiger partial charge in [0.25, 0.3) is 0 Å². The van der Waals surface area contributed by atoms with Gasteiger partial charge in [0.1, 0.15) is 5.82 Å². The summed E-state index contributed by atoms with van der Waals surface area (Å²) >= 11 is 0. The highest BCUT2D eigenvalue weighted by Gasteiger charge is 2.16. The molecule has 1 aromatic carbocycles. The lowest BCUT2D eigenvalue weighted by molar-refractivity contribution is 0.613. The van der Waals surface area contributed by atoms with Gasteiger partial charge in [-0.3, -0.25) is 0 Å². The molecule has 1 unspecified atom stereocenters. The van der Waals surface area contributed by atoms with E-state index >= 15 is 0 Å². The summed E-state index contributed by atoms with van der Waals surface area (Å²) in [5.74, 6) is 0.405. The first-order chi connectivity index (χ1) is 6.66. The van der Waals surface area contributed by atoms with Crippen molar-refractivity contribution >= 4 is 11.4 Å². The van der Waals surface area contributed by atoms with Crippen LogP contribution >= 0.6 is 0 Å². The molecule has 1 N–H and O–H groups in total. The summed E-state index contributed by atoms with van der Waals surface area (Å²) in [7, 11) is 2.00. The molecule has 0 spiro atoms. The zero-order valence-electron chi connectivity index (χ0n) is 8.55. The molecule has 1 aliphatic heterocycles. The number of hydrogen-bond acceptors (Lipinski definition) is 2. The number of hydrogen-bond donors (Lipinski definition) is 1. The third-order valence-corrected chi connectivity index (χ3v) is 2.60. The van der Waals surface area contributed by atoms with Crippen molar-refractivity contribution in [1.29, 1.82) is 0 Å². The van der Waals surface area contributed by atoms with Crippen LogP contribution in [0.5, 0.6) is 0 Å². The number of nitrogens with one attached hydrogen (secondary N) is 1. The average Bonchev–Trinajstić information content (AvgIpc) is 2.27. The molecule has 0 bridgehead atoms. The third-order valence-electron chi connectivity index (χ3n) is 2.60. The minimum Gasteiger partial charge on any atom is -0.383 e. The van der Waals surface area contributed by atoms with Gasteiger partial charge in [0.05, 0.1) is 11.4 Å². The summed E-state index contributed by atoms with van der Waals surface area (Å²) in [5, 5.41) is 3.32. The van der Waals surface area contributed by atoms with Gasteiger partial charge in [0, 0.05) is 20.1 Å². The molecular formula is C11H15FN2. The lowest BCUT2D eigenvalue weighted by atomic mass is 10.2. The monoisotopic (exact) mass is 194 g/mol. The van der Waals surface area contributed by atoms with E-state index < -0.39 is 0 Å². The summed E-state index contributed by atoms with van der Waals surface area (Å²) in [6, 6.07) is 4.88. The Kier molecular flexibility index (Phi) is 2.32. The quantitative estimate of drug-likeness (QED) is 0.682. The zero-order valence-corrected chi connectivity index (χ0v) is 8.55. The van der Waals surface area contributed by atoms with Gasteiger partial charge >= 0.3 is 0 Å². The van der Waals surface area contributed by atoms with Crippen LogP contribution in [-0.2, 0) is 0 Å². The second-order valence-electron chi connectivity index (χ2n) is 4.03. The molecule has 0 saturated carbocycles.